The molecule has 168 valence electrons. The Bertz CT molecular complexity index is 872. The molecule has 0 aromatic heterocycles. The van der Waals surface area contributed by atoms with E-state index in [4.69, 9.17) is 14.2 Å². The van der Waals surface area contributed by atoms with Gasteiger partial charge in [0.1, 0.15) is 17.5 Å². The minimum absolute atomic E-state index is 0.0602. The summed E-state index contributed by atoms with van der Waals surface area (Å²) in [5.74, 6) is 0.372. The molecule has 2 saturated heterocycles. The largest absolute Gasteiger partial charge is 0.497 e. The topological polar surface area (TPSA) is 85.4 Å². The molecule has 3 fully saturated rings. The lowest BCUT2D eigenvalue weighted by Crippen LogP contribution is -2.49. The SMILES string of the molecule is COC(=O)C1CC2CCCCC2N1C(=O)C1CC(=O)N(c2ccc(OC)cc2OC)C1. The standard InChI is InChI=1S/C23H30N2O6/c1-29-16-8-9-18(20(12-16)30-2)24-13-15(11-21(24)26)22(27)25-17-7-5-4-6-14(17)10-19(25)23(28)31-3/h8-9,12,14-15,17,19H,4-7,10-11,13H2,1-3H3. The number of hydrogen-bond acceptors (Lipinski definition) is 6. The van der Waals surface area contributed by atoms with Crippen LogP contribution in [0.4, 0.5) is 5.69 Å². The van der Waals surface area contributed by atoms with E-state index in [-0.39, 0.29) is 36.8 Å². The second-order valence-corrected chi connectivity index (χ2v) is 8.58. The van der Waals surface area contributed by atoms with Gasteiger partial charge in [-0.05, 0) is 37.3 Å². The predicted octanol–water partition coefficient (Wildman–Crippen LogP) is 2.39. The molecule has 4 unspecified atom stereocenters. The van der Waals surface area contributed by atoms with Crippen LogP contribution < -0.4 is 14.4 Å². The van der Waals surface area contributed by atoms with Crippen LogP contribution in [0.5, 0.6) is 11.5 Å². The van der Waals surface area contributed by atoms with Gasteiger partial charge in [-0.25, -0.2) is 4.79 Å². The molecule has 0 radical (unpaired) electrons. The fourth-order valence-corrected chi connectivity index (χ4v) is 5.45. The number of amides is 2. The molecule has 1 aromatic carbocycles. The van der Waals surface area contributed by atoms with Gasteiger partial charge in [0, 0.05) is 25.1 Å². The number of ether oxygens (including phenoxy) is 3. The molecule has 1 aromatic rings. The molecule has 4 rings (SSSR count). The number of hydrogen-bond donors (Lipinski definition) is 0. The summed E-state index contributed by atoms with van der Waals surface area (Å²) in [6, 6.07) is 4.76. The number of carbonyl (C=O) groups is 3. The quantitative estimate of drug-likeness (QED) is 0.667. The molecule has 0 bridgehead atoms. The van der Waals surface area contributed by atoms with Crippen molar-refractivity contribution < 1.29 is 28.6 Å². The van der Waals surface area contributed by atoms with Crippen LogP contribution in [-0.4, -0.2) is 62.6 Å². The number of anilines is 1. The smallest absolute Gasteiger partial charge is 0.328 e. The zero-order valence-electron chi connectivity index (χ0n) is 18.3. The van der Waals surface area contributed by atoms with Crippen molar-refractivity contribution in [3.05, 3.63) is 18.2 Å². The molecule has 2 aliphatic heterocycles. The van der Waals surface area contributed by atoms with Crippen LogP contribution in [0.3, 0.4) is 0 Å². The van der Waals surface area contributed by atoms with Gasteiger partial charge in [0.2, 0.25) is 11.8 Å². The minimum Gasteiger partial charge on any atom is -0.497 e. The average molecular weight is 431 g/mol. The molecule has 31 heavy (non-hydrogen) atoms. The van der Waals surface area contributed by atoms with Crippen molar-refractivity contribution in [2.75, 3.05) is 32.8 Å². The fraction of sp³-hybridized carbons (Fsp3) is 0.609. The number of methoxy groups -OCH3 is 3. The molecule has 8 nitrogen and oxygen atoms in total. The highest BCUT2D eigenvalue weighted by Crippen LogP contribution is 2.42. The number of benzene rings is 1. The number of fused-ring (bicyclic) bond motifs is 1. The normalized spacial score (nSPS) is 27.8. The third-order valence-corrected chi connectivity index (χ3v) is 6.97. The first-order chi connectivity index (χ1) is 15.0. The summed E-state index contributed by atoms with van der Waals surface area (Å²) in [7, 11) is 4.47. The van der Waals surface area contributed by atoms with Crippen molar-refractivity contribution in [3.8, 4) is 11.5 Å². The highest BCUT2D eigenvalue weighted by Gasteiger charge is 2.50. The van der Waals surface area contributed by atoms with Crippen molar-refractivity contribution in [2.45, 2.75) is 50.6 Å². The average Bonchev–Trinajstić information content (AvgIpc) is 3.38. The Morgan fingerprint density at radius 1 is 1.06 bits per heavy atom. The van der Waals surface area contributed by atoms with E-state index in [1.165, 1.54) is 14.2 Å². The molecule has 0 spiro atoms. The van der Waals surface area contributed by atoms with E-state index in [9.17, 15) is 14.4 Å². The molecule has 1 saturated carbocycles. The molecule has 1 aliphatic carbocycles. The molecule has 2 heterocycles. The van der Waals surface area contributed by atoms with Crippen LogP contribution in [0.2, 0.25) is 0 Å². The second kappa shape index (κ2) is 8.77. The highest BCUT2D eigenvalue weighted by atomic mass is 16.5. The van der Waals surface area contributed by atoms with Crippen molar-refractivity contribution in [1.82, 2.24) is 4.90 Å². The summed E-state index contributed by atoms with van der Waals surface area (Å²) in [4.78, 5) is 42.3. The van der Waals surface area contributed by atoms with Gasteiger partial charge in [-0.2, -0.15) is 0 Å². The molecule has 3 aliphatic rings. The van der Waals surface area contributed by atoms with Crippen molar-refractivity contribution >= 4 is 23.5 Å². The summed E-state index contributed by atoms with van der Waals surface area (Å²) in [6.45, 7) is 0.266. The van der Waals surface area contributed by atoms with Crippen LogP contribution in [0.1, 0.15) is 38.5 Å². The van der Waals surface area contributed by atoms with Gasteiger partial charge in [-0.1, -0.05) is 12.8 Å². The zero-order chi connectivity index (χ0) is 22.1. The Kier molecular flexibility index (Phi) is 6.07. The zero-order valence-corrected chi connectivity index (χ0v) is 18.3. The maximum atomic E-state index is 13.6. The van der Waals surface area contributed by atoms with Crippen molar-refractivity contribution in [1.29, 1.82) is 0 Å². The number of carbonyl (C=O) groups excluding carboxylic acids is 3. The van der Waals surface area contributed by atoms with Gasteiger partial charge in [-0.3, -0.25) is 9.59 Å². The monoisotopic (exact) mass is 430 g/mol. The van der Waals surface area contributed by atoms with Gasteiger partial charge >= 0.3 is 5.97 Å². The Balaban J connectivity index is 1.57. The van der Waals surface area contributed by atoms with E-state index in [1.807, 2.05) is 0 Å². The van der Waals surface area contributed by atoms with Crippen molar-refractivity contribution in [3.63, 3.8) is 0 Å². The van der Waals surface area contributed by atoms with E-state index in [0.717, 1.165) is 25.7 Å². The number of esters is 1. The summed E-state index contributed by atoms with van der Waals surface area (Å²) < 4.78 is 15.7. The van der Waals surface area contributed by atoms with Gasteiger partial charge in [0.05, 0.1) is 32.9 Å². The summed E-state index contributed by atoms with van der Waals surface area (Å²) in [5.41, 5.74) is 0.616. The number of rotatable bonds is 5. The first-order valence-electron chi connectivity index (χ1n) is 10.9. The van der Waals surface area contributed by atoms with Gasteiger partial charge < -0.3 is 24.0 Å². The Hall–Kier alpha value is -2.77. The number of nitrogens with zero attached hydrogens (tertiary/aromatic N) is 2. The first kappa shape index (κ1) is 21.5. The Morgan fingerprint density at radius 2 is 1.84 bits per heavy atom. The molecule has 4 atom stereocenters. The third kappa shape index (κ3) is 3.83. The second-order valence-electron chi connectivity index (χ2n) is 8.58. The molecule has 8 heteroatoms. The Morgan fingerprint density at radius 3 is 2.55 bits per heavy atom. The maximum absolute atomic E-state index is 13.6. The number of likely N-dealkylation sites (tertiary alicyclic amines) is 1. The summed E-state index contributed by atoms with van der Waals surface area (Å²) >= 11 is 0. The lowest BCUT2D eigenvalue weighted by molar-refractivity contribution is -0.153. The van der Waals surface area contributed by atoms with Crippen LogP contribution in [-0.2, 0) is 19.1 Å². The van der Waals surface area contributed by atoms with E-state index >= 15 is 0 Å². The van der Waals surface area contributed by atoms with E-state index in [1.54, 1.807) is 35.1 Å². The minimum atomic E-state index is -0.551. The van der Waals surface area contributed by atoms with Gasteiger partial charge in [0.15, 0.2) is 0 Å². The Labute approximate surface area is 182 Å². The van der Waals surface area contributed by atoms with E-state index in [2.05, 4.69) is 0 Å². The fourth-order valence-electron chi connectivity index (χ4n) is 5.45. The van der Waals surface area contributed by atoms with Crippen LogP contribution in [0, 0.1) is 11.8 Å². The predicted molar refractivity (Wildman–Crippen MR) is 113 cm³/mol. The third-order valence-electron chi connectivity index (χ3n) is 6.97. The summed E-state index contributed by atoms with van der Waals surface area (Å²) in [6.07, 6.45) is 4.89. The lowest BCUT2D eigenvalue weighted by atomic mass is 9.84. The molecule has 0 N–H and O–H groups in total. The summed E-state index contributed by atoms with van der Waals surface area (Å²) in [5, 5.41) is 0. The molecular formula is C23H30N2O6. The van der Waals surface area contributed by atoms with Crippen LogP contribution >= 0.6 is 0 Å². The molecule has 2 amide bonds. The van der Waals surface area contributed by atoms with Gasteiger partial charge in [-0.15, -0.1) is 0 Å². The highest BCUT2D eigenvalue weighted by molar-refractivity contribution is 6.02. The maximum Gasteiger partial charge on any atom is 0.328 e. The lowest BCUT2D eigenvalue weighted by Gasteiger charge is -2.34. The van der Waals surface area contributed by atoms with E-state index in [0.29, 0.717) is 29.5 Å². The van der Waals surface area contributed by atoms with E-state index < -0.39 is 12.0 Å². The van der Waals surface area contributed by atoms with Crippen molar-refractivity contribution in [2.24, 2.45) is 11.8 Å². The van der Waals surface area contributed by atoms with Crippen LogP contribution in [0.25, 0.3) is 0 Å². The van der Waals surface area contributed by atoms with Gasteiger partial charge in [0.25, 0.3) is 0 Å². The first-order valence-corrected chi connectivity index (χ1v) is 10.9. The molecular weight excluding hydrogens is 400 g/mol. The van der Waals surface area contributed by atoms with Crippen LogP contribution in [0.15, 0.2) is 18.2 Å².